The Morgan fingerprint density at radius 2 is 1.09 bits per heavy atom. The summed E-state index contributed by atoms with van der Waals surface area (Å²) >= 11 is 10.8. The third-order valence-electron chi connectivity index (χ3n) is 2.54. The van der Waals surface area contributed by atoms with Gasteiger partial charge in [0.05, 0.1) is 21.7 Å². The van der Waals surface area contributed by atoms with Crippen LogP contribution in [0, 0.1) is 0 Å². The summed E-state index contributed by atoms with van der Waals surface area (Å²) in [6.45, 7) is 0. The van der Waals surface area contributed by atoms with E-state index < -0.39 is 17.1 Å². The molecule has 0 saturated heterocycles. The fourth-order valence-electron chi connectivity index (χ4n) is 1.53. The van der Waals surface area contributed by atoms with Gasteiger partial charge in [-0.2, -0.15) is 0 Å². The van der Waals surface area contributed by atoms with E-state index in [4.69, 9.17) is 34.7 Å². The molecule has 0 heterocycles. The van der Waals surface area contributed by atoms with Crippen LogP contribution >= 0.6 is 23.2 Å². The largest absolute Gasteiger partial charge is 0.366 e. The predicted molar refractivity (Wildman–Crippen MR) is 85.1 cm³/mol. The Balaban J connectivity index is 0.000000224. The normalized spacial score (nSPS) is 9.36. The average Bonchev–Trinajstić information content (AvgIpc) is 2.48. The molecular formula is C15H12Cl2N2O3. The first-order valence-electron chi connectivity index (χ1n) is 5.97. The van der Waals surface area contributed by atoms with Crippen LogP contribution in [0.3, 0.4) is 0 Å². The smallest absolute Gasteiger partial charge is 0.253 e. The van der Waals surface area contributed by atoms with E-state index in [2.05, 4.69) is 0 Å². The second kappa shape index (κ2) is 8.17. The highest BCUT2D eigenvalue weighted by Crippen LogP contribution is 2.16. The fourth-order valence-corrected chi connectivity index (χ4v) is 1.97. The minimum atomic E-state index is -0.649. The lowest BCUT2D eigenvalue weighted by Crippen LogP contribution is -2.20. The Hall–Kier alpha value is -2.37. The second-order valence-electron chi connectivity index (χ2n) is 4.03. The molecule has 4 N–H and O–H groups in total. The number of halogens is 2. The van der Waals surface area contributed by atoms with Crippen molar-refractivity contribution < 1.29 is 14.4 Å². The summed E-state index contributed by atoms with van der Waals surface area (Å²) in [6.07, 6.45) is 0. The Morgan fingerprint density at radius 1 is 0.727 bits per heavy atom. The molecule has 0 unspecified atom stereocenters. The SMILES string of the molecule is NC(=O)c1ccccc1C(N)=O.O=C(Cl)c1ccccc1Cl. The van der Waals surface area contributed by atoms with Crippen LogP contribution in [-0.2, 0) is 0 Å². The minimum Gasteiger partial charge on any atom is -0.366 e. The first-order valence-corrected chi connectivity index (χ1v) is 6.73. The summed E-state index contributed by atoms with van der Waals surface area (Å²) in [5.41, 5.74) is 10.7. The molecule has 2 aromatic rings. The lowest BCUT2D eigenvalue weighted by atomic mass is 10.1. The average molecular weight is 339 g/mol. The van der Waals surface area contributed by atoms with E-state index in [0.29, 0.717) is 10.6 Å². The number of amides is 2. The van der Waals surface area contributed by atoms with Gasteiger partial charge < -0.3 is 11.5 Å². The van der Waals surface area contributed by atoms with Gasteiger partial charge in [-0.1, -0.05) is 35.9 Å². The summed E-state index contributed by atoms with van der Waals surface area (Å²) in [6, 6.07) is 12.8. The molecule has 0 aliphatic heterocycles. The third kappa shape index (κ3) is 4.87. The van der Waals surface area contributed by atoms with Crippen molar-refractivity contribution in [2.75, 3.05) is 0 Å². The molecular weight excluding hydrogens is 327 g/mol. The van der Waals surface area contributed by atoms with Gasteiger partial charge in [-0.15, -0.1) is 0 Å². The number of nitrogens with two attached hydrogens (primary N) is 2. The van der Waals surface area contributed by atoms with Gasteiger partial charge in [0.25, 0.3) is 5.24 Å². The molecule has 0 fully saturated rings. The number of hydrogen-bond donors (Lipinski definition) is 2. The van der Waals surface area contributed by atoms with Crippen LogP contribution in [0.2, 0.25) is 5.02 Å². The van der Waals surface area contributed by atoms with Crippen LogP contribution < -0.4 is 11.5 Å². The molecule has 2 amide bonds. The van der Waals surface area contributed by atoms with Crippen LogP contribution in [0.5, 0.6) is 0 Å². The highest BCUT2D eigenvalue weighted by Gasteiger charge is 2.10. The number of benzene rings is 2. The number of primary amides is 2. The fraction of sp³-hybridized carbons (Fsp3) is 0. The van der Waals surface area contributed by atoms with Crippen LogP contribution in [0.15, 0.2) is 48.5 Å². The van der Waals surface area contributed by atoms with E-state index >= 15 is 0 Å². The monoisotopic (exact) mass is 338 g/mol. The number of hydrogen-bond acceptors (Lipinski definition) is 3. The van der Waals surface area contributed by atoms with Gasteiger partial charge in [-0.05, 0) is 35.9 Å². The summed E-state index contributed by atoms with van der Waals surface area (Å²) in [4.78, 5) is 32.0. The topological polar surface area (TPSA) is 103 Å². The Kier molecular flexibility index (Phi) is 6.56. The van der Waals surface area contributed by atoms with E-state index in [9.17, 15) is 14.4 Å². The van der Waals surface area contributed by atoms with Crippen molar-refractivity contribution >= 4 is 40.3 Å². The van der Waals surface area contributed by atoms with E-state index in [1.54, 1.807) is 36.4 Å². The summed E-state index contributed by atoms with van der Waals surface area (Å²) < 4.78 is 0. The van der Waals surface area contributed by atoms with E-state index in [1.807, 2.05) is 0 Å². The predicted octanol–water partition coefficient (Wildman–Crippen LogP) is 2.60. The molecule has 0 bridgehead atoms. The van der Waals surface area contributed by atoms with Crippen molar-refractivity contribution in [3.63, 3.8) is 0 Å². The van der Waals surface area contributed by atoms with Crippen molar-refractivity contribution in [1.29, 1.82) is 0 Å². The molecule has 0 radical (unpaired) electrons. The zero-order valence-electron chi connectivity index (χ0n) is 11.3. The van der Waals surface area contributed by atoms with Crippen molar-refractivity contribution in [1.82, 2.24) is 0 Å². The van der Waals surface area contributed by atoms with Gasteiger partial charge >= 0.3 is 0 Å². The molecule has 0 aliphatic carbocycles. The second-order valence-corrected chi connectivity index (χ2v) is 4.78. The van der Waals surface area contributed by atoms with Gasteiger partial charge in [0.2, 0.25) is 11.8 Å². The quantitative estimate of drug-likeness (QED) is 0.840. The Bertz CT molecular complexity index is 684. The number of carbonyl (C=O) groups excluding carboxylic acids is 3. The van der Waals surface area contributed by atoms with Crippen molar-refractivity contribution in [2.45, 2.75) is 0 Å². The first kappa shape index (κ1) is 17.7. The van der Waals surface area contributed by atoms with Crippen LogP contribution in [0.4, 0.5) is 0 Å². The summed E-state index contributed by atoms with van der Waals surface area (Å²) in [5.74, 6) is -1.30. The molecule has 2 rings (SSSR count). The highest BCUT2D eigenvalue weighted by molar-refractivity contribution is 6.68. The van der Waals surface area contributed by atoms with Gasteiger partial charge in [-0.25, -0.2) is 0 Å². The van der Waals surface area contributed by atoms with Gasteiger partial charge in [0.1, 0.15) is 0 Å². The first-order chi connectivity index (χ1) is 10.3. The Labute approximate surface area is 136 Å². The molecule has 7 heteroatoms. The summed E-state index contributed by atoms with van der Waals surface area (Å²) in [7, 11) is 0. The molecule has 0 spiro atoms. The zero-order chi connectivity index (χ0) is 16.7. The van der Waals surface area contributed by atoms with E-state index in [0.717, 1.165) is 0 Å². The van der Waals surface area contributed by atoms with Crippen molar-refractivity contribution in [3.05, 3.63) is 70.2 Å². The van der Waals surface area contributed by atoms with Crippen LogP contribution in [0.25, 0.3) is 0 Å². The van der Waals surface area contributed by atoms with Crippen molar-refractivity contribution in [3.8, 4) is 0 Å². The maximum Gasteiger partial charge on any atom is 0.253 e. The van der Waals surface area contributed by atoms with Gasteiger partial charge in [0.15, 0.2) is 0 Å². The molecule has 0 aliphatic rings. The molecule has 0 aromatic heterocycles. The lowest BCUT2D eigenvalue weighted by molar-refractivity contribution is 0.0967. The molecule has 2 aromatic carbocycles. The lowest BCUT2D eigenvalue weighted by Gasteiger charge is -2.00. The van der Waals surface area contributed by atoms with E-state index in [1.165, 1.54) is 12.1 Å². The highest BCUT2D eigenvalue weighted by atomic mass is 35.5. The van der Waals surface area contributed by atoms with E-state index in [-0.39, 0.29) is 11.1 Å². The summed E-state index contributed by atoms with van der Waals surface area (Å²) in [5, 5.41) is -0.131. The molecule has 5 nitrogen and oxygen atoms in total. The van der Waals surface area contributed by atoms with Gasteiger partial charge in [-0.3, -0.25) is 14.4 Å². The maximum atomic E-state index is 10.7. The number of rotatable bonds is 3. The van der Waals surface area contributed by atoms with Crippen LogP contribution in [0.1, 0.15) is 31.1 Å². The van der Waals surface area contributed by atoms with Crippen molar-refractivity contribution in [2.24, 2.45) is 11.5 Å². The number of carbonyl (C=O) groups is 3. The zero-order valence-corrected chi connectivity index (χ0v) is 12.8. The molecule has 114 valence electrons. The minimum absolute atomic E-state index is 0.157. The van der Waals surface area contributed by atoms with Crippen LogP contribution in [-0.4, -0.2) is 17.1 Å². The standard InChI is InChI=1S/C8H8N2O2.C7H4Cl2O/c9-7(11)5-3-1-2-4-6(5)8(10)12;8-6-4-2-1-3-5(6)7(9)10/h1-4H,(H2,9,11)(H2,10,12);1-4H. The molecule has 22 heavy (non-hydrogen) atoms. The molecule has 0 saturated carbocycles. The third-order valence-corrected chi connectivity index (χ3v) is 3.08. The Morgan fingerprint density at radius 3 is 1.36 bits per heavy atom. The molecule has 0 atom stereocenters. The van der Waals surface area contributed by atoms with Gasteiger partial charge in [0, 0.05) is 0 Å². The maximum absolute atomic E-state index is 10.7.